The third kappa shape index (κ3) is 2.28. The van der Waals surface area contributed by atoms with Gasteiger partial charge in [-0.2, -0.15) is 0 Å². The molecule has 0 unspecified atom stereocenters. The van der Waals surface area contributed by atoms with Gasteiger partial charge in [0.2, 0.25) is 0 Å². The van der Waals surface area contributed by atoms with Gasteiger partial charge in [-0.15, -0.1) is 0 Å². The van der Waals surface area contributed by atoms with Crippen LogP contribution in [0.2, 0.25) is 0 Å². The minimum absolute atomic E-state index is 0.108. The monoisotopic (exact) mass is 310 g/mol. The topological polar surface area (TPSA) is 108 Å². The summed E-state index contributed by atoms with van der Waals surface area (Å²) in [4.78, 5) is 33.2. The molecule has 0 amide bonds. The number of imidazole rings is 1. The quantitative estimate of drug-likeness (QED) is 0.744. The second-order valence-electron chi connectivity index (χ2n) is 5.54. The zero-order valence-electron chi connectivity index (χ0n) is 12.1. The molecule has 3 aromatic heterocycles. The third-order valence-corrected chi connectivity index (χ3v) is 4.27. The summed E-state index contributed by atoms with van der Waals surface area (Å²) >= 11 is 0. The first kappa shape index (κ1) is 13.6. The Bertz CT molecular complexity index is 849. The molecular weight excluding hydrogens is 296 g/mol. The van der Waals surface area contributed by atoms with Crippen LogP contribution in [0.1, 0.15) is 11.5 Å². The number of fused-ring (bicyclic) bond motifs is 1. The molecule has 2 N–H and O–H groups in total. The molecule has 0 spiro atoms. The lowest BCUT2D eigenvalue weighted by molar-refractivity contribution is -0.141. The van der Waals surface area contributed by atoms with Gasteiger partial charge in [-0.3, -0.25) is 9.78 Å². The van der Waals surface area contributed by atoms with E-state index in [9.17, 15) is 9.90 Å². The van der Waals surface area contributed by atoms with Crippen LogP contribution in [-0.4, -0.2) is 49.1 Å². The number of hydrogen-bond acceptors (Lipinski definition) is 6. The van der Waals surface area contributed by atoms with Crippen LogP contribution in [-0.2, 0) is 4.79 Å². The Hall–Kier alpha value is -3.03. The number of pyridine rings is 1. The Kier molecular flexibility index (Phi) is 3.14. The zero-order chi connectivity index (χ0) is 15.8. The average molecular weight is 310 g/mol. The van der Waals surface area contributed by atoms with Crippen molar-refractivity contribution in [1.82, 2.24) is 24.9 Å². The Morgan fingerprint density at radius 3 is 2.83 bits per heavy atom. The number of H-pyrrole nitrogens is 1. The summed E-state index contributed by atoms with van der Waals surface area (Å²) in [5.74, 6) is -0.715. The molecule has 116 valence electrons. The van der Waals surface area contributed by atoms with Crippen LogP contribution in [0.15, 0.2) is 37.2 Å². The van der Waals surface area contributed by atoms with Gasteiger partial charge < -0.3 is 15.0 Å². The van der Waals surface area contributed by atoms with Gasteiger partial charge in [-0.05, 0) is 17.7 Å². The van der Waals surface area contributed by atoms with E-state index in [1.54, 1.807) is 18.7 Å². The van der Waals surface area contributed by atoms with E-state index in [0.717, 1.165) is 11.1 Å². The van der Waals surface area contributed by atoms with E-state index < -0.39 is 11.9 Å². The van der Waals surface area contributed by atoms with Crippen molar-refractivity contribution in [3.63, 3.8) is 0 Å². The minimum Gasteiger partial charge on any atom is -0.481 e. The van der Waals surface area contributed by atoms with Gasteiger partial charge in [0.05, 0.1) is 12.2 Å². The first-order valence-corrected chi connectivity index (χ1v) is 7.26. The maximum Gasteiger partial charge on any atom is 0.308 e. The molecule has 1 aliphatic rings. The molecule has 4 heterocycles. The van der Waals surface area contributed by atoms with Gasteiger partial charge in [-0.1, -0.05) is 0 Å². The SMILES string of the molecule is O=C(O)[C@@H]1CN(c2ncnc3nc[nH]c23)C[C@H]1c1ccncc1. The molecule has 0 aromatic carbocycles. The van der Waals surface area contributed by atoms with Gasteiger partial charge in [0.25, 0.3) is 0 Å². The number of nitrogens with one attached hydrogen (secondary N) is 1. The number of carboxylic acids is 1. The normalized spacial score (nSPS) is 21.0. The predicted octanol–water partition coefficient (Wildman–Crippen LogP) is 1.05. The van der Waals surface area contributed by atoms with Crippen molar-refractivity contribution < 1.29 is 9.90 Å². The van der Waals surface area contributed by atoms with Crippen molar-refractivity contribution in [2.45, 2.75) is 5.92 Å². The molecule has 1 aliphatic heterocycles. The van der Waals surface area contributed by atoms with Gasteiger partial charge in [0.1, 0.15) is 11.8 Å². The van der Waals surface area contributed by atoms with E-state index in [1.165, 1.54) is 6.33 Å². The zero-order valence-corrected chi connectivity index (χ0v) is 12.1. The number of rotatable bonds is 3. The molecule has 0 bridgehead atoms. The second kappa shape index (κ2) is 5.31. The molecule has 8 nitrogen and oxygen atoms in total. The fourth-order valence-electron chi connectivity index (χ4n) is 3.17. The van der Waals surface area contributed by atoms with Gasteiger partial charge in [-0.25, -0.2) is 15.0 Å². The van der Waals surface area contributed by atoms with Gasteiger partial charge >= 0.3 is 5.97 Å². The molecule has 0 saturated carbocycles. The summed E-state index contributed by atoms with van der Waals surface area (Å²) in [6, 6.07) is 3.74. The summed E-state index contributed by atoms with van der Waals surface area (Å²) < 4.78 is 0. The minimum atomic E-state index is -0.802. The summed E-state index contributed by atoms with van der Waals surface area (Å²) in [7, 11) is 0. The molecule has 1 saturated heterocycles. The van der Waals surface area contributed by atoms with Crippen LogP contribution in [0.5, 0.6) is 0 Å². The number of carboxylic acid groups (broad SMARTS) is 1. The summed E-state index contributed by atoms with van der Waals surface area (Å²) in [5.41, 5.74) is 2.28. The Morgan fingerprint density at radius 2 is 2.04 bits per heavy atom. The maximum absolute atomic E-state index is 11.7. The van der Waals surface area contributed by atoms with Crippen molar-refractivity contribution in [3.8, 4) is 0 Å². The van der Waals surface area contributed by atoms with E-state index in [2.05, 4.69) is 24.9 Å². The average Bonchev–Trinajstić information content (AvgIpc) is 3.22. The highest BCUT2D eigenvalue weighted by Gasteiger charge is 2.39. The third-order valence-electron chi connectivity index (χ3n) is 4.27. The predicted molar refractivity (Wildman–Crippen MR) is 82.0 cm³/mol. The van der Waals surface area contributed by atoms with Crippen LogP contribution >= 0.6 is 0 Å². The Morgan fingerprint density at radius 1 is 1.22 bits per heavy atom. The summed E-state index contributed by atoms with van der Waals surface area (Å²) in [6.07, 6.45) is 6.39. The summed E-state index contributed by atoms with van der Waals surface area (Å²) in [6.45, 7) is 0.972. The molecule has 2 atom stereocenters. The van der Waals surface area contributed by atoms with Crippen LogP contribution in [0.25, 0.3) is 11.2 Å². The van der Waals surface area contributed by atoms with Crippen LogP contribution in [0.3, 0.4) is 0 Å². The molecule has 4 rings (SSSR count). The number of nitrogens with zero attached hydrogens (tertiary/aromatic N) is 5. The lowest BCUT2D eigenvalue weighted by Crippen LogP contribution is -2.24. The van der Waals surface area contributed by atoms with Crippen LogP contribution in [0.4, 0.5) is 5.82 Å². The number of aliphatic carboxylic acids is 1. The number of hydrogen-bond donors (Lipinski definition) is 2. The van der Waals surface area contributed by atoms with Gasteiger partial charge in [0, 0.05) is 31.4 Å². The lowest BCUT2D eigenvalue weighted by Gasteiger charge is -2.17. The molecule has 8 heteroatoms. The highest BCUT2D eigenvalue weighted by molar-refractivity contribution is 5.84. The first-order chi connectivity index (χ1) is 11.2. The second-order valence-corrected chi connectivity index (χ2v) is 5.54. The van der Waals surface area contributed by atoms with Gasteiger partial charge in [0.15, 0.2) is 11.5 Å². The number of aromatic nitrogens is 5. The van der Waals surface area contributed by atoms with Crippen molar-refractivity contribution >= 4 is 23.0 Å². The fraction of sp³-hybridized carbons (Fsp3) is 0.267. The highest BCUT2D eigenvalue weighted by atomic mass is 16.4. The number of aromatic amines is 1. The fourth-order valence-corrected chi connectivity index (χ4v) is 3.17. The maximum atomic E-state index is 11.7. The number of anilines is 1. The van der Waals surface area contributed by atoms with Crippen molar-refractivity contribution in [3.05, 3.63) is 42.7 Å². The lowest BCUT2D eigenvalue weighted by atomic mass is 9.90. The first-order valence-electron chi connectivity index (χ1n) is 7.26. The van der Waals surface area contributed by atoms with E-state index >= 15 is 0 Å². The molecule has 0 aliphatic carbocycles. The standard InChI is InChI=1S/C15H14N6O2/c22-15(23)11-6-21(5-10(11)9-1-3-16-4-2-9)14-12-13(18-7-17-12)19-8-20-14/h1-4,7-8,10-11H,5-6H2,(H,22,23)(H,17,18,19,20)/t10-,11+/m0/s1. The van der Waals surface area contributed by atoms with E-state index in [-0.39, 0.29) is 5.92 Å². The van der Waals surface area contributed by atoms with E-state index in [1.807, 2.05) is 17.0 Å². The van der Waals surface area contributed by atoms with E-state index in [0.29, 0.717) is 24.6 Å². The molecule has 0 radical (unpaired) electrons. The summed E-state index contributed by atoms with van der Waals surface area (Å²) in [5, 5.41) is 9.59. The molecule has 23 heavy (non-hydrogen) atoms. The van der Waals surface area contributed by atoms with Crippen LogP contribution in [0, 0.1) is 5.92 Å². The Balaban J connectivity index is 1.72. The van der Waals surface area contributed by atoms with E-state index in [4.69, 9.17) is 0 Å². The van der Waals surface area contributed by atoms with Crippen LogP contribution < -0.4 is 4.90 Å². The van der Waals surface area contributed by atoms with Crippen molar-refractivity contribution in [1.29, 1.82) is 0 Å². The number of carbonyl (C=O) groups is 1. The highest BCUT2D eigenvalue weighted by Crippen LogP contribution is 2.36. The smallest absolute Gasteiger partial charge is 0.308 e. The van der Waals surface area contributed by atoms with Crippen molar-refractivity contribution in [2.24, 2.45) is 5.92 Å². The largest absolute Gasteiger partial charge is 0.481 e. The molecular formula is C15H14N6O2. The molecule has 1 fully saturated rings. The molecule has 3 aromatic rings. The van der Waals surface area contributed by atoms with Crippen molar-refractivity contribution in [2.75, 3.05) is 18.0 Å². The Labute approximate surface area is 131 Å².